The van der Waals surface area contributed by atoms with Crippen LogP contribution in [0.25, 0.3) is 0 Å². The van der Waals surface area contributed by atoms with Gasteiger partial charge in [0.15, 0.2) is 5.78 Å². The zero-order valence-electron chi connectivity index (χ0n) is 14.6. The molecule has 1 aromatic carbocycles. The SMILES string of the molecule is O=C(CCC(=O)c1ccc(F)cc1)NCC(=O)NCCN1CCOCC1. The van der Waals surface area contributed by atoms with Gasteiger partial charge in [0.25, 0.3) is 0 Å². The number of hydrogen-bond donors (Lipinski definition) is 2. The minimum Gasteiger partial charge on any atom is -0.379 e. The number of rotatable bonds is 9. The smallest absolute Gasteiger partial charge is 0.239 e. The Morgan fingerprint density at radius 3 is 2.38 bits per heavy atom. The molecule has 142 valence electrons. The van der Waals surface area contributed by atoms with E-state index in [1.807, 2.05) is 0 Å². The molecule has 2 amide bonds. The van der Waals surface area contributed by atoms with Gasteiger partial charge in [-0.1, -0.05) is 0 Å². The number of benzene rings is 1. The topological polar surface area (TPSA) is 87.7 Å². The largest absolute Gasteiger partial charge is 0.379 e. The lowest BCUT2D eigenvalue weighted by molar-refractivity contribution is -0.126. The molecule has 0 atom stereocenters. The van der Waals surface area contributed by atoms with Crippen LogP contribution in [0.4, 0.5) is 4.39 Å². The van der Waals surface area contributed by atoms with Crippen molar-refractivity contribution < 1.29 is 23.5 Å². The van der Waals surface area contributed by atoms with Crippen LogP contribution in [0.15, 0.2) is 24.3 Å². The standard InChI is InChI=1S/C18H24FN3O4/c19-15-3-1-14(2-4-15)16(23)5-6-17(24)21-13-18(25)20-7-8-22-9-11-26-12-10-22/h1-4H,5-13H2,(H,20,25)(H,21,24). The second-order valence-electron chi connectivity index (χ2n) is 6.01. The first kappa shape index (κ1) is 20.0. The summed E-state index contributed by atoms with van der Waals surface area (Å²) < 4.78 is 18.1. The minimum absolute atomic E-state index is 0.0100. The monoisotopic (exact) mass is 365 g/mol. The average molecular weight is 365 g/mol. The number of carbonyl (C=O) groups excluding carboxylic acids is 3. The number of amides is 2. The molecule has 2 rings (SSSR count). The minimum atomic E-state index is -0.418. The summed E-state index contributed by atoms with van der Waals surface area (Å²) in [4.78, 5) is 37.5. The van der Waals surface area contributed by atoms with E-state index in [1.165, 1.54) is 24.3 Å². The number of halogens is 1. The third-order valence-corrected chi connectivity index (χ3v) is 4.05. The van der Waals surface area contributed by atoms with Gasteiger partial charge in [-0.3, -0.25) is 19.3 Å². The molecule has 7 nitrogen and oxygen atoms in total. The fraction of sp³-hybridized carbons (Fsp3) is 0.500. The maximum Gasteiger partial charge on any atom is 0.239 e. The number of carbonyl (C=O) groups is 3. The summed E-state index contributed by atoms with van der Waals surface area (Å²) in [6.07, 6.45) is -0.00656. The molecule has 0 saturated carbocycles. The van der Waals surface area contributed by atoms with E-state index in [2.05, 4.69) is 15.5 Å². The Morgan fingerprint density at radius 1 is 1.00 bits per heavy atom. The van der Waals surface area contributed by atoms with Crippen molar-refractivity contribution in [1.29, 1.82) is 0 Å². The van der Waals surface area contributed by atoms with Gasteiger partial charge in [-0.25, -0.2) is 4.39 Å². The third kappa shape index (κ3) is 7.28. The summed E-state index contributed by atoms with van der Waals surface area (Å²) in [6.45, 7) is 4.27. The van der Waals surface area contributed by atoms with Gasteiger partial charge in [0.05, 0.1) is 19.8 Å². The molecule has 0 aliphatic carbocycles. The first-order valence-electron chi connectivity index (χ1n) is 8.67. The fourth-order valence-electron chi connectivity index (χ4n) is 2.52. The van der Waals surface area contributed by atoms with Gasteiger partial charge in [-0.15, -0.1) is 0 Å². The van der Waals surface area contributed by atoms with E-state index < -0.39 is 5.82 Å². The highest BCUT2D eigenvalue weighted by atomic mass is 19.1. The van der Waals surface area contributed by atoms with Gasteiger partial charge in [0.1, 0.15) is 5.82 Å². The molecule has 0 radical (unpaired) electrons. The second-order valence-corrected chi connectivity index (χ2v) is 6.01. The Bertz CT molecular complexity index is 615. The van der Waals surface area contributed by atoms with E-state index in [-0.39, 0.29) is 37.0 Å². The predicted molar refractivity (Wildman–Crippen MR) is 93.2 cm³/mol. The third-order valence-electron chi connectivity index (χ3n) is 4.05. The highest BCUT2D eigenvalue weighted by Crippen LogP contribution is 2.07. The van der Waals surface area contributed by atoms with Crippen LogP contribution in [0.3, 0.4) is 0 Å². The molecular weight excluding hydrogens is 341 g/mol. The van der Waals surface area contributed by atoms with Crippen LogP contribution in [0, 0.1) is 5.82 Å². The van der Waals surface area contributed by atoms with Gasteiger partial charge in [0.2, 0.25) is 11.8 Å². The molecule has 1 aliphatic heterocycles. The molecule has 0 unspecified atom stereocenters. The number of ketones is 1. The number of nitrogens with one attached hydrogen (secondary N) is 2. The molecular formula is C18H24FN3O4. The van der Waals surface area contributed by atoms with Crippen molar-refractivity contribution in [3.63, 3.8) is 0 Å². The van der Waals surface area contributed by atoms with Gasteiger partial charge in [-0.05, 0) is 24.3 Å². The van der Waals surface area contributed by atoms with Crippen LogP contribution in [-0.4, -0.2) is 68.4 Å². The van der Waals surface area contributed by atoms with E-state index in [0.717, 1.165) is 19.6 Å². The molecule has 1 saturated heterocycles. The van der Waals surface area contributed by atoms with Crippen molar-refractivity contribution in [3.05, 3.63) is 35.6 Å². The van der Waals surface area contributed by atoms with Crippen LogP contribution in [-0.2, 0) is 14.3 Å². The van der Waals surface area contributed by atoms with Crippen molar-refractivity contribution in [1.82, 2.24) is 15.5 Å². The molecule has 26 heavy (non-hydrogen) atoms. The molecule has 8 heteroatoms. The molecule has 1 fully saturated rings. The molecule has 0 aromatic heterocycles. The Labute approximate surface area is 151 Å². The molecule has 1 aromatic rings. The van der Waals surface area contributed by atoms with E-state index in [9.17, 15) is 18.8 Å². The highest BCUT2D eigenvalue weighted by Gasteiger charge is 2.12. The average Bonchev–Trinajstić information content (AvgIpc) is 2.66. The van der Waals surface area contributed by atoms with E-state index in [4.69, 9.17) is 4.74 Å². The van der Waals surface area contributed by atoms with Crippen LogP contribution in [0.2, 0.25) is 0 Å². The number of hydrogen-bond acceptors (Lipinski definition) is 5. The second kappa shape index (κ2) is 10.6. The number of nitrogens with zero attached hydrogens (tertiary/aromatic N) is 1. The lowest BCUT2D eigenvalue weighted by atomic mass is 10.1. The molecule has 1 heterocycles. The van der Waals surface area contributed by atoms with Crippen molar-refractivity contribution in [2.24, 2.45) is 0 Å². The molecule has 0 spiro atoms. The molecule has 2 N–H and O–H groups in total. The van der Waals surface area contributed by atoms with Crippen molar-refractivity contribution in [3.8, 4) is 0 Å². The van der Waals surface area contributed by atoms with Gasteiger partial charge in [-0.2, -0.15) is 0 Å². The quantitative estimate of drug-likeness (QED) is 0.617. The van der Waals surface area contributed by atoms with E-state index in [1.54, 1.807) is 0 Å². The summed E-state index contributed by atoms with van der Waals surface area (Å²) >= 11 is 0. The van der Waals surface area contributed by atoms with Crippen LogP contribution in [0.1, 0.15) is 23.2 Å². The maximum atomic E-state index is 12.8. The van der Waals surface area contributed by atoms with Crippen molar-refractivity contribution in [2.45, 2.75) is 12.8 Å². The summed E-state index contributed by atoms with van der Waals surface area (Å²) in [5.74, 6) is -1.30. The number of morpholine rings is 1. The lowest BCUT2D eigenvalue weighted by Gasteiger charge is -2.26. The Kier molecular flexibility index (Phi) is 8.17. The lowest BCUT2D eigenvalue weighted by Crippen LogP contribution is -2.43. The van der Waals surface area contributed by atoms with Crippen LogP contribution in [0.5, 0.6) is 0 Å². The van der Waals surface area contributed by atoms with E-state index in [0.29, 0.717) is 25.3 Å². The first-order chi connectivity index (χ1) is 12.5. The van der Waals surface area contributed by atoms with Gasteiger partial charge in [0, 0.05) is 44.6 Å². The van der Waals surface area contributed by atoms with Crippen molar-refractivity contribution >= 4 is 17.6 Å². The Morgan fingerprint density at radius 2 is 1.69 bits per heavy atom. The normalized spacial score (nSPS) is 14.7. The fourth-order valence-corrected chi connectivity index (χ4v) is 2.52. The molecule has 0 bridgehead atoms. The van der Waals surface area contributed by atoms with Crippen LogP contribution >= 0.6 is 0 Å². The Hall–Kier alpha value is -2.32. The first-order valence-corrected chi connectivity index (χ1v) is 8.67. The Balaban J connectivity index is 1.56. The zero-order valence-corrected chi connectivity index (χ0v) is 14.6. The van der Waals surface area contributed by atoms with E-state index >= 15 is 0 Å². The van der Waals surface area contributed by atoms with Gasteiger partial charge < -0.3 is 15.4 Å². The number of ether oxygens (including phenoxy) is 1. The summed E-state index contributed by atoms with van der Waals surface area (Å²) in [7, 11) is 0. The summed E-state index contributed by atoms with van der Waals surface area (Å²) in [5.41, 5.74) is 0.361. The summed E-state index contributed by atoms with van der Waals surface area (Å²) in [5, 5.41) is 5.23. The number of Topliss-reactive ketones (excluding diaryl/α,β-unsaturated/α-hetero) is 1. The highest BCUT2D eigenvalue weighted by molar-refractivity contribution is 5.98. The summed E-state index contributed by atoms with van der Waals surface area (Å²) in [6, 6.07) is 5.18. The maximum absolute atomic E-state index is 12.8. The predicted octanol–water partition coefficient (Wildman–Crippen LogP) is 0.353. The zero-order chi connectivity index (χ0) is 18.8. The van der Waals surface area contributed by atoms with Crippen LogP contribution < -0.4 is 10.6 Å². The van der Waals surface area contributed by atoms with Crippen molar-refractivity contribution in [2.75, 3.05) is 45.9 Å². The van der Waals surface area contributed by atoms with Gasteiger partial charge >= 0.3 is 0 Å². The molecule has 1 aliphatic rings.